The molecule has 0 atom stereocenters. The molecule has 0 fully saturated rings. The first-order chi connectivity index (χ1) is 12.5. The minimum atomic E-state index is -0.258. The van der Waals surface area contributed by atoms with Crippen molar-refractivity contribution in [3.63, 3.8) is 0 Å². The molecule has 0 saturated heterocycles. The normalized spacial score (nSPS) is 13.8. The number of fused-ring (bicyclic) bond motifs is 2. The Morgan fingerprint density at radius 1 is 1.31 bits per heavy atom. The van der Waals surface area contributed by atoms with Crippen molar-refractivity contribution in [1.29, 1.82) is 0 Å². The van der Waals surface area contributed by atoms with Gasteiger partial charge in [0.25, 0.3) is 5.56 Å². The van der Waals surface area contributed by atoms with Gasteiger partial charge in [0.2, 0.25) is 5.91 Å². The van der Waals surface area contributed by atoms with Gasteiger partial charge in [0, 0.05) is 19.3 Å². The van der Waals surface area contributed by atoms with E-state index in [4.69, 9.17) is 0 Å². The Bertz CT molecular complexity index is 1060. The topological polar surface area (TPSA) is 83.9 Å². The van der Waals surface area contributed by atoms with Crippen molar-refractivity contribution in [3.8, 4) is 0 Å². The van der Waals surface area contributed by atoms with E-state index < -0.39 is 0 Å². The van der Waals surface area contributed by atoms with Gasteiger partial charge < -0.3 is 14.5 Å². The van der Waals surface area contributed by atoms with Crippen molar-refractivity contribution < 1.29 is 4.79 Å². The number of rotatable bonds is 3. The Labute approximate surface area is 154 Å². The van der Waals surface area contributed by atoms with Crippen LogP contribution < -0.4 is 10.5 Å². The van der Waals surface area contributed by atoms with Crippen LogP contribution in [0.15, 0.2) is 34.2 Å². The van der Waals surface area contributed by atoms with Crippen molar-refractivity contribution in [1.82, 2.24) is 19.5 Å². The average Bonchev–Trinajstić information content (AvgIpc) is 2.96. The zero-order valence-electron chi connectivity index (χ0n) is 14.7. The van der Waals surface area contributed by atoms with Crippen molar-refractivity contribution >= 4 is 34.5 Å². The van der Waals surface area contributed by atoms with Crippen molar-refractivity contribution in [2.45, 2.75) is 24.9 Å². The van der Waals surface area contributed by atoms with Crippen LogP contribution in [0.25, 0.3) is 11.2 Å². The maximum absolute atomic E-state index is 12.8. The molecular formula is C18H19N5O2S. The van der Waals surface area contributed by atoms with E-state index in [2.05, 4.69) is 21.0 Å². The highest BCUT2D eigenvalue weighted by molar-refractivity contribution is 7.99. The van der Waals surface area contributed by atoms with E-state index in [1.54, 1.807) is 11.5 Å². The highest BCUT2D eigenvalue weighted by Crippen LogP contribution is 2.28. The van der Waals surface area contributed by atoms with Gasteiger partial charge in [0.15, 0.2) is 16.3 Å². The van der Waals surface area contributed by atoms with Gasteiger partial charge in [0.05, 0.1) is 5.75 Å². The maximum atomic E-state index is 12.8. The minimum absolute atomic E-state index is 0.0484. The lowest BCUT2D eigenvalue weighted by Gasteiger charge is -2.29. The second kappa shape index (κ2) is 6.60. The molecule has 0 spiro atoms. The molecule has 8 heteroatoms. The van der Waals surface area contributed by atoms with Gasteiger partial charge >= 0.3 is 0 Å². The van der Waals surface area contributed by atoms with Gasteiger partial charge in [-0.1, -0.05) is 30.0 Å². The first-order valence-electron chi connectivity index (χ1n) is 8.49. The van der Waals surface area contributed by atoms with Gasteiger partial charge in [-0.15, -0.1) is 0 Å². The molecule has 1 aliphatic heterocycles. The van der Waals surface area contributed by atoms with E-state index in [0.717, 1.165) is 25.1 Å². The predicted molar refractivity (Wildman–Crippen MR) is 102 cm³/mol. The number of amides is 1. The molecule has 3 heterocycles. The number of H-pyrrole nitrogens is 1. The van der Waals surface area contributed by atoms with Crippen LogP contribution in [0.2, 0.25) is 0 Å². The lowest BCUT2D eigenvalue weighted by atomic mass is 10.0. The Morgan fingerprint density at radius 2 is 2.12 bits per heavy atom. The molecular weight excluding hydrogens is 350 g/mol. The molecule has 134 valence electrons. The maximum Gasteiger partial charge on any atom is 0.279 e. The molecule has 0 saturated carbocycles. The van der Waals surface area contributed by atoms with Crippen LogP contribution in [-0.2, 0) is 18.3 Å². The van der Waals surface area contributed by atoms with Crippen LogP contribution in [0.3, 0.4) is 0 Å². The average molecular weight is 369 g/mol. The Kier molecular flexibility index (Phi) is 4.28. The van der Waals surface area contributed by atoms with Gasteiger partial charge in [-0.05, 0) is 31.4 Å². The van der Waals surface area contributed by atoms with Gasteiger partial charge in [0.1, 0.15) is 5.82 Å². The highest BCUT2D eigenvalue weighted by atomic mass is 32.2. The van der Waals surface area contributed by atoms with Crippen LogP contribution in [0.5, 0.6) is 0 Å². The number of imidazole rings is 1. The fourth-order valence-electron chi connectivity index (χ4n) is 3.29. The van der Waals surface area contributed by atoms with Crippen molar-refractivity contribution in [2.75, 3.05) is 17.2 Å². The number of hydrogen-bond acceptors (Lipinski definition) is 5. The zero-order valence-corrected chi connectivity index (χ0v) is 15.5. The minimum Gasteiger partial charge on any atom is -0.311 e. The summed E-state index contributed by atoms with van der Waals surface area (Å²) in [5.74, 6) is 0.859. The summed E-state index contributed by atoms with van der Waals surface area (Å²) in [6, 6.07) is 8.04. The monoisotopic (exact) mass is 369 g/mol. The zero-order chi connectivity index (χ0) is 18.3. The predicted octanol–water partition coefficient (Wildman–Crippen LogP) is 2.04. The first kappa shape index (κ1) is 16.8. The number of carbonyl (C=O) groups excluding carboxylic acids is 1. The number of nitrogens with one attached hydrogen (secondary N) is 1. The number of benzene rings is 1. The van der Waals surface area contributed by atoms with Crippen LogP contribution in [-0.4, -0.2) is 37.7 Å². The molecule has 0 radical (unpaired) electrons. The second-order valence-electron chi connectivity index (χ2n) is 6.34. The van der Waals surface area contributed by atoms with Gasteiger partial charge in [-0.3, -0.25) is 9.59 Å². The number of hydrogen-bond donors (Lipinski definition) is 1. The molecule has 4 rings (SSSR count). The molecule has 0 unspecified atom stereocenters. The lowest BCUT2D eigenvalue weighted by Crippen LogP contribution is -2.36. The van der Waals surface area contributed by atoms with Crippen LogP contribution in [0.1, 0.15) is 17.8 Å². The standard InChI is InChI=1S/C18H19N5O2S/c1-11-19-16-15(17(25)20-11)21-18(22(16)2)26-10-14(24)23-9-5-7-12-6-3-4-8-13(12)23/h3-4,6,8H,5,7,9-10H2,1-2H3,(H,19,20,25). The number of carbonyl (C=O) groups is 1. The summed E-state index contributed by atoms with van der Waals surface area (Å²) in [5, 5.41) is 0.613. The van der Waals surface area contributed by atoms with Crippen molar-refractivity contribution in [3.05, 3.63) is 46.0 Å². The molecule has 0 bridgehead atoms. The Morgan fingerprint density at radius 3 is 2.96 bits per heavy atom. The third-order valence-electron chi connectivity index (χ3n) is 4.54. The lowest BCUT2D eigenvalue weighted by molar-refractivity contribution is -0.116. The molecule has 0 aliphatic carbocycles. The largest absolute Gasteiger partial charge is 0.311 e. The fraction of sp³-hybridized carbons (Fsp3) is 0.333. The first-order valence-corrected chi connectivity index (χ1v) is 9.47. The van der Waals surface area contributed by atoms with E-state index in [1.165, 1.54) is 17.3 Å². The van der Waals surface area contributed by atoms with E-state index in [9.17, 15) is 9.59 Å². The second-order valence-corrected chi connectivity index (χ2v) is 7.29. The smallest absolute Gasteiger partial charge is 0.279 e. The van der Waals surface area contributed by atoms with Gasteiger partial charge in [-0.2, -0.15) is 0 Å². The molecule has 7 nitrogen and oxygen atoms in total. The summed E-state index contributed by atoms with van der Waals surface area (Å²) in [5.41, 5.74) is 2.79. The summed E-state index contributed by atoms with van der Waals surface area (Å²) in [6.45, 7) is 2.47. The molecule has 1 aliphatic rings. The fourth-order valence-corrected chi connectivity index (χ4v) is 4.13. The SMILES string of the molecule is Cc1nc2c(nc(SCC(=O)N3CCCc4ccccc43)n2C)c(=O)[nH]1. The number of aromatic nitrogens is 4. The van der Waals surface area contributed by atoms with Gasteiger partial charge in [-0.25, -0.2) is 9.97 Å². The van der Waals surface area contributed by atoms with Crippen LogP contribution in [0, 0.1) is 6.92 Å². The number of thioether (sulfide) groups is 1. The number of aromatic amines is 1. The third-order valence-corrected chi connectivity index (χ3v) is 5.56. The van der Waals surface area contributed by atoms with Crippen LogP contribution >= 0.6 is 11.8 Å². The summed E-state index contributed by atoms with van der Waals surface area (Å²) < 4.78 is 1.76. The van der Waals surface area contributed by atoms with E-state index in [-0.39, 0.29) is 17.2 Å². The highest BCUT2D eigenvalue weighted by Gasteiger charge is 2.23. The quantitative estimate of drug-likeness (QED) is 0.714. The molecule has 1 amide bonds. The van der Waals surface area contributed by atoms with E-state index in [1.807, 2.05) is 30.1 Å². The molecule has 3 aromatic rings. The number of anilines is 1. The van der Waals surface area contributed by atoms with E-state index in [0.29, 0.717) is 22.1 Å². The van der Waals surface area contributed by atoms with Crippen molar-refractivity contribution in [2.24, 2.45) is 7.05 Å². The Balaban J connectivity index is 1.56. The molecule has 1 aromatic carbocycles. The van der Waals surface area contributed by atoms with Crippen LogP contribution in [0.4, 0.5) is 5.69 Å². The number of para-hydroxylation sites is 1. The summed E-state index contributed by atoms with van der Waals surface area (Å²) in [7, 11) is 1.81. The third kappa shape index (κ3) is 2.90. The molecule has 26 heavy (non-hydrogen) atoms. The molecule has 2 aromatic heterocycles. The summed E-state index contributed by atoms with van der Waals surface area (Å²) in [6.07, 6.45) is 1.98. The Hall–Kier alpha value is -2.61. The number of nitrogens with zero attached hydrogens (tertiary/aromatic N) is 4. The molecule has 1 N–H and O–H groups in total. The van der Waals surface area contributed by atoms with E-state index >= 15 is 0 Å². The number of aryl methyl sites for hydroxylation is 3. The summed E-state index contributed by atoms with van der Waals surface area (Å²) in [4.78, 5) is 38.0. The summed E-state index contributed by atoms with van der Waals surface area (Å²) >= 11 is 1.33.